The maximum absolute atomic E-state index is 6.18. The summed E-state index contributed by atoms with van der Waals surface area (Å²) in [4.78, 5) is 0. The Balaban J connectivity index is 1.68. The van der Waals surface area contributed by atoms with E-state index in [0.29, 0.717) is 12.7 Å². The fourth-order valence-electron chi connectivity index (χ4n) is 3.17. The predicted octanol–water partition coefficient (Wildman–Crippen LogP) is 4.69. The lowest BCUT2D eigenvalue weighted by molar-refractivity contribution is 0.173. The Labute approximate surface area is 130 Å². The highest BCUT2D eigenvalue weighted by molar-refractivity contribution is 5.56. The van der Waals surface area contributed by atoms with E-state index in [-0.39, 0.29) is 6.10 Å². The largest absolute Gasteiger partial charge is 0.485 e. The second-order valence-corrected chi connectivity index (χ2v) is 5.74. The van der Waals surface area contributed by atoms with E-state index in [1.54, 1.807) is 0 Å². The van der Waals surface area contributed by atoms with Crippen molar-refractivity contribution in [1.29, 1.82) is 0 Å². The molecule has 3 heteroatoms. The van der Waals surface area contributed by atoms with Gasteiger partial charge in [-0.05, 0) is 42.3 Å². The Bertz CT molecular complexity index is 748. The van der Waals surface area contributed by atoms with Crippen molar-refractivity contribution in [2.75, 3.05) is 6.79 Å². The van der Waals surface area contributed by atoms with Crippen LogP contribution < -0.4 is 14.2 Å². The van der Waals surface area contributed by atoms with Crippen molar-refractivity contribution in [3.63, 3.8) is 0 Å². The van der Waals surface area contributed by atoms with E-state index in [0.717, 1.165) is 22.8 Å². The SMILES string of the molecule is C/C=C/c1ccc2c(c1)[C@H](C)[C@H](c1ccc3c(c1)OCO3)O2. The van der Waals surface area contributed by atoms with Crippen LogP contribution in [0.25, 0.3) is 6.08 Å². The summed E-state index contributed by atoms with van der Waals surface area (Å²) in [5.41, 5.74) is 3.60. The summed E-state index contributed by atoms with van der Waals surface area (Å²) in [5, 5.41) is 0. The number of benzene rings is 2. The van der Waals surface area contributed by atoms with Gasteiger partial charge in [-0.15, -0.1) is 0 Å². The number of hydrogen-bond acceptors (Lipinski definition) is 3. The lowest BCUT2D eigenvalue weighted by Gasteiger charge is -2.16. The first-order valence-corrected chi connectivity index (χ1v) is 7.59. The van der Waals surface area contributed by atoms with E-state index < -0.39 is 0 Å². The lowest BCUT2D eigenvalue weighted by atomic mass is 9.92. The third-order valence-electron chi connectivity index (χ3n) is 4.32. The van der Waals surface area contributed by atoms with Crippen LogP contribution in [0.3, 0.4) is 0 Å². The van der Waals surface area contributed by atoms with E-state index in [4.69, 9.17) is 14.2 Å². The number of rotatable bonds is 2. The zero-order chi connectivity index (χ0) is 15.1. The van der Waals surface area contributed by atoms with Crippen LogP contribution in [0, 0.1) is 0 Å². The molecule has 22 heavy (non-hydrogen) atoms. The Morgan fingerprint density at radius 2 is 1.82 bits per heavy atom. The van der Waals surface area contributed by atoms with E-state index in [9.17, 15) is 0 Å². The van der Waals surface area contributed by atoms with Crippen molar-refractivity contribution >= 4 is 6.08 Å². The summed E-state index contributed by atoms with van der Waals surface area (Å²) in [7, 11) is 0. The van der Waals surface area contributed by atoms with Crippen LogP contribution in [-0.4, -0.2) is 6.79 Å². The Morgan fingerprint density at radius 3 is 2.68 bits per heavy atom. The molecule has 0 saturated heterocycles. The number of allylic oxidation sites excluding steroid dienone is 1. The maximum Gasteiger partial charge on any atom is 0.231 e. The molecule has 4 rings (SSSR count). The zero-order valence-corrected chi connectivity index (χ0v) is 12.7. The van der Waals surface area contributed by atoms with Gasteiger partial charge in [0.05, 0.1) is 0 Å². The Morgan fingerprint density at radius 1 is 1.00 bits per heavy atom. The van der Waals surface area contributed by atoms with Gasteiger partial charge in [-0.25, -0.2) is 0 Å². The first-order chi connectivity index (χ1) is 10.8. The molecule has 0 radical (unpaired) electrons. The fraction of sp³-hybridized carbons (Fsp3) is 0.263. The summed E-state index contributed by atoms with van der Waals surface area (Å²) in [6.07, 6.45) is 4.18. The van der Waals surface area contributed by atoms with Gasteiger partial charge in [-0.1, -0.05) is 31.2 Å². The third kappa shape index (κ3) is 2.05. The van der Waals surface area contributed by atoms with Crippen molar-refractivity contribution in [3.05, 3.63) is 59.2 Å². The van der Waals surface area contributed by atoms with E-state index >= 15 is 0 Å². The fourth-order valence-corrected chi connectivity index (χ4v) is 3.17. The standard InChI is InChI=1S/C19H18O3/c1-3-4-13-5-7-16-15(9-13)12(2)19(22-16)14-6-8-17-18(10-14)21-11-20-17/h3-10,12,19H,11H2,1-2H3/b4-3+/t12-,19+/m0/s1. The van der Waals surface area contributed by atoms with Crippen LogP contribution in [0.2, 0.25) is 0 Å². The molecule has 0 bridgehead atoms. The average Bonchev–Trinajstić information content (AvgIpc) is 3.12. The summed E-state index contributed by atoms with van der Waals surface area (Å²) in [6, 6.07) is 12.4. The molecule has 0 unspecified atom stereocenters. The highest BCUT2D eigenvalue weighted by Gasteiger charge is 2.33. The number of fused-ring (bicyclic) bond motifs is 2. The first kappa shape index (κ1) is 13.3. The quantitative estimate of drug-likeness (QED) is 0.804. The maximum atomic E-state index is 6.18. The molecule has 2 aliphatic heterocycles. The monoisotopic (exact) mass is 294 g/mol. The second kappa shape index (κ2) is 5.09. The zero-order valence-electron chi connectivity index (χ0n) is 12.7. The molecule has 2 aromatic rings. The molecular formula is C19H18O3. The van der Waals surface area contributed by atoms with Crippen LogP contribution in [-0.2, 0) is 0 Å². The minimum atomic E-state index is 0.0188. The van der Waals surface area contributed by atoms with Gasteiger partial charge < -0.3 is 14.2 Å². The van der Waals surface area contributed by atoms with Gasteiger partial charge in [0.25, 0.3) is 0 Å². The van der Waals surface area contributed by atoms with Gasteiger partial charge in [0.1, 0.15) is 11.9 Å². The van der Waals surface area contributed by atoms with E-state index in [1.807, 2.05) is 19.1 Å². The molecule has 0 amide bonds. The van der Waals surface area contributed by atoms with Gasteiger partial charge in [0.15, 0.2) is 11.5 Å². The minimum absolute atomic E-state index is 0.0188. The van der Waals surface area contributed by atoms with Gasteiger partial charge >= 0.3 is 0 Å². The van der Waals surface area contributed by atoms with E-state index in [2.05, 4.69) is 43.3 Å². The van der Waals surface area contributed by atoms with Gasteiger partial charge in [0, 0.05) is 11.5 Å². The van der Waals surface area contributed by atoms with Crippen LogP contribution in [0.5, 0.6) is 17.2 Å². The van der Waals surface area contributed by atoms with Gasteiger partial charge in [-0.3, -0.25) is 0 Å². The molecule has 0 aliphatic carbocycles. The van der Waals surface area contributed by atoms with Crippen molar-refractivity contribution in [3.8, 4) is 17.2 Å². The molecule has 2 atom stereocenters. The Hall–Kier alpha value is -2.42. The van der Waals surface area contributed by atoms with Crippen LogP contribution >= 0.6 is 0 Å². The molecular weight excluding hydrogens is 276 g/mol. The molecule has 3 nitrogen and oxygen atoms in total. The average molecular weight is 294 g/mol. The highest BCUT2D eigenvalue weighted by atomic mass is 16.7. The number of hydrogen-bond donors (Lipinski definition) is 0. The summed E-state index contributed by atoms with van der Waals surface area (Å²) >= 11 is 0. The molecule has 0 saturated carbocycles. The summed E-state index contributed by atoms with van der Waals surface area (Å²) in [6.45, 7) is 4.54. The molecule has 2 aromatic carbocycles. The third-order valence-corrected chi connectivity index (χ3v) is 4.32. The Kier molecular flexibility index (Phi) is 3.07. The normalized spacial score (nSPS) is 21.9. The van der Waals surface area contributed by atoms with Crippen molar-refractivity contribution in [2.45, 2.75) is 25.9 Å². The number of ether oxygens (including phenoxy) is 3. The van der Waals surface area contributed by atoms with Crippen LogP contribution in [0.15, 0.2) is 42.5 Å². The first-order valence-electron chi connectivity index (χ1n) is 7.59. The smallest absolute Gasteiger partial charge is 0.231 e. The topological polar surface area (TPSA) is 27.7 Å². The molecule has 0 fully saturated rings. The molecule has 2 heterocycles. The summed E-state index contributed by atoms with van der Waals surface area (Å²) < 4.78 is 17.0. The van der Waals surface area contributed by atoms with Crippen LogP contribution in [0.4, 0.5) is 0 Å². The molecule has 0 spiro atoms. The molecule has 0 N–H and O–H groups in total. The minimum Gasteiger partial charge on any atom is -0.485 e. The van der Waals surface area contributed by atoms with Crippen LogP contribution in [0.1, 0.15) is 42.6 Å². The predicted molar refractivity (Wildman–Crippen MR) is 85.5 cm³/mol. The molecule has 2 aliphatic rings. The van der Waals surface area contributed by atoms with Crippen molar-refractivity contribution in [2.24, 2.45) is 0 Å². The summed E-state index contributed by atoms with van der Waals surface area (Å²) in [5.74, 6) is 2.89. The molecule has 0 aromatic heterocycles. The van der Waals surface area contributed by atoms with Crippen molar-refractivity contribution in [1.82, 2.24) is 0 Å². The van der Waals surface area contributed by atoms with Gasteiger partial charge in [0.2, 0.25) is 6.79 Å². The van der Waals surface area contributed by atoms with E-state index in [1.165, 1.54) is 11.1 Å². The highest BCUT2D eigenvalue weighted by Crippen LogP contribution is 2.47. The second-order valence-electron chi connectivity index (χ2n) is 5.74. The molecule has 112 valence electrons. The van der Waals surface area contributed by atoms with Crippen molar-refractivity contribution < 1.29 is 14.2 Å². The van der Waals surface area contributed by atoms with Gasteiger partial charge in [-0.2, -0.15) is 0 Å². The lowest BCUT2D eigenvalue weighted by Crippen LogP contribution is -2.07.